The minimum absolute atomic E-state index is 0.0636. The summed E-state index contributed by atoms with van der Waals surface area (Å²) in [4.78, 5) is 11.8. The molecule has 2 aromatic carbocycles. The number of hydrogen-bond acceptors (Lipinski definition) is 5. The van der Waals surface area contributed by atoms with Gasteiger partial charge in [0.2, 0.25) is 0 Å². The Morgan fingerprint density at radius 3 is 2.30 bits per heavy atom. The zero-order valence-corrected chi connectivity index (χ0v) is 15.6. The van der Waals surface area contributed by atoms with Crippen LogP contribution in [0.1, 0.15) is 21.5 Å². The number of carbonyl (C=O) groups excluding carboxylic acids is 1. The zero-order chi connectivity index (χ0) is 20.2. The molecule has 0 heterocycles. The van der Waals surface area contributed by atoms with Crippen molar-refractivity contribution in [2.75, 3.05) is 18.9 Å². The fourth-order valence-electron chi connectivity index (χ4n) is 2.50. The van der Waals surface area contributed by atoms with Crippen molar-refractivity contribution in [3.8, 4) is 5.75 Å². The first kappa shape index (κ1) is 20.2. The number of rotatable bonds is 7. The van der Waals surface area contributed by atoms with Crippen LogP contribution in [-0.4, -0.2) is 28.6 Å². The van der Waals surface area contributed by atoms with Gasteiger partial charge in [0.25, 0.3) is 10.0 Å². The maximum Gasteiger partial charge on any atom is 0.343 e. The van der Waals surface area contributed by atoms with E-state index < -0.39 is 26.7 Å². The fourth-order valence-corrected chi connectivity index (χ4v) is 3.68. The van der Waals surface area contributed by atoms with Crippen molar-refractivity contribution in [3.05, 3.63) is 66.0 Å². The van der Waals surface area contributed by atoms with Gasteiger partial charge in [-0.1, -0.05) is 37.4 Å². The number of benzene rings is 2. The number of ether oxygens (including phenoxy) is 2. The van der Waals surface area contributed by atoms with Gasteiger partial charge in [0.15, 0.2) is 0 Å². The van der Waals surface area contributed by atoms with E-state index in [1.165, 1.54) is 37.5 Å². The minimum atomic E-state index is -4.35. The quantitative estimate of drug-likeness (QED) is 0.728. The Labute approximate surface area is 157 Å². The lowest BCUT2D eigenvalue weighted by molar-refractivity contribution is 0.0598. The summed E-state index contributed by atoms with van der Waals surface area (Å²) in [7, 11) is -1.89. The largest absolute Gasteiger partial charge is 0.495 e. The minimum Gasteiger partial charge on any atom is -0.495 e. The number of nitrogens with one attached hydrogen (secondary N) is 1. The van der Waals surface area contributed by atoms with Crippen LogP contribution < -0.4 is 9.46 Å². The summed E-state index contributed by atoms with van der Waals surface area (Å²) in [6, 6.07) is 6.41. The summed E-state index contributed by atoms with van der Waals surface area (Å²) < 4.78 is 51.7. The summed E-state index contributed by atoms with van der Waals surface area (Å²) in [6.07, 6.45) is 2.78. The Bertz CT molecular complexity index is 1020. The second-order valence-corrected chi connectivity index (χ2v) is 6.92. The summed E-state index contributed by atoms with van der Waals surface area (Å²) in [5.74, 6) is -1.71. The van der Waals surface area contributed by atoms with Crippen molar-refractivity contribution < 1.29 is 27.1 Å². The highest BCUT2D eigenvalue weighted by molar-refractivity contribution is 7.92. The van der Waals surface area contributed by atoms with Crippen molar-refractivity contribution in [2.24, 2.45) is 0 Å². The second-order valence-electron chi connectivity index (χ2n) is 5.27. The SMILES string of the molecule is C=Cc1cc(C=C)c(OC)c(C(=O)OC)c1NS(=O)(=O)c1ccccc1F. The Hall–Kier alpha value is -3.13. The molecule has 8 heteroatoms. The van der Waals surface area contributed by atoms with E-state index in [0.717, 1.165) is 19.2 Å². The Morgan fingerprint density at radius 1 is 1.15 bits per heavy atom. The lowest BCUT2D eigenvalue weighted by Crippen LogP contribution is -2.19. The standard InChI is InChI=1S/C19H18FNO5S/c1-5-12-11-13(6-2)18(25-3)16(19(22)26-4)17(12)21-27(23,24)15-10-8-7-9-14(15)20/h5-11,21H,1-2H2,3-4H3. The third-order valence-electron chi connectivity index (χ3n) is 3.73. The van der Waals surface area contributed by atoms with Gasteiger partial charge in [0.1, 0.15) is 22.0 Å². The van der Waals surface area contributed by atoms with Crippen LogP contribution in [0, 0.1) is 5.82 Å². The molecule has 0 unspecified atom stereocenters. The predicted octanol–water partition coefficient (Wildman–Crippen LogP) is 3.71. The van der Waals surface area contributed by atoms with Gasteiger partial charge in [-0.15, -0.1) is 0 Å². The molecule has 0 atom stereocenters. The molecule has 6 nitrogen and oxygen atoms in total. The summed E-state index contributed by atoms with van der Waals surface area (Å²) in [5, 5.41) is 0. The Balaban J connectivity index is 2.79. The van der Waals surface area contributed by atoms with E-state index in [0.29, 0.717) is 5.56 Å². The Morgan fingerprint density at radius 2 is 1.78 bits per heavy atom. The second kappa shape index (κ2) is 8.05. The molecule has 0 spiro atoms. The molecular weight excluding hydrogens is 373 g/mol. The van der Waals surface area contributed by atoms with Gasteiger partial charge in [-0.05, 0) is 23.8 Å². The monoisotopic (exact) mass is 391 g/mol. The maximum absolute atomic E-state index is 14.0. The molecule has 0 aliphatic carbocycles. The predicted molar refractivity (Wildman–Crippen MR) is 102 cm³/mol. The summed E-state index contributed by atoms with van der Waals surface area (Å²) in [5.41, 5.74) is 0.391. The highest BCUT2D eigenvalue weighted by Gasteiger charge is 2.28. The average molecular weight is 391 g/mol. The highest BCUT2D eigenvalue weighted by atomic mass is 32.2. The fraction of sp³-hybridized carbons (Fsp3) is 0.105. The van der Waals surface area contributed by atoms with Gasteiger partial charge in [-0.25, -0.2) is 17.6 Å². The summed E-state index contributed by atoms with van der Waals surface area (Å²) >= 11 is 0. The first-order chi connectivity index (χ1) is 12.8. The number of esters is 1. The first-order valence-corrected chi connectivity index (χ1v) is 9.14. The number of methoxy groups -OCH3 is 2. The van der Waals surface area contributed by atoms with Crippen molar-refractivity contribution in [1.82, 2.24) is 0 Å². The van der Waals surface area contributed by atoms with Crippen LogP contribution in [0.25, 0.3) is 12.2 Å². The van der Waals surface area contributed by atoms with E-state index in [9.17, 15) is 17.6 Å². The van der Waals surface area contributed by atoms with Crippen molar-refractivity contribution in [2.45, 2.75) is 4.90 Å². The number of anilines is 1. The van der Waals surface area contributed by atoms with Crippen LogP contribution in [0.2, 0.25) is 0 Å². The van der Waals surface area contributed by atoms with Gasteiger partial charge < -0.3 is 9.47 Å². The van der Waals surface area contributed by atoms with Crippen LogP contribution in [0.4, 0.5) is 10.1 Å². The van der Waals surface area contributed by atoms with E-state index in [-0.39, 0.29) is 22.6 Å². The third-order valence-corrected chi connectivity index (χ3v) is 5.12. The van der Waals surface area contributed by atoms with E-state index in [1.54, 1.807) is 0 Å². The molecule has 0 aliphatic rings. The summed E-state index contributed by atoms with van der Waals surface area (Å²) in [6.45, 7) is 7.28. The highest BCUT2D eigenvalue weighted by Crippen LogP contribution is 2.37. The Kier molecular flexibility index (Phi) is 6.02. The number of sulfonamides is 1. The lowest BCUT2D eigenvalue weighted by Gasteiger charge is -2.19. The van der Waals surface area contributed by atoms with E-state index in [2.05, 4.69) is 17.9 Å². The lowest BCUT2D eigenvalue weighted by atomic mass is 10.0. The van der Waals surface area contributed by atoms with Crippen molar-refractivity contribution >= 4 is 33.8 Å². The maximum atomic E-state index is 14.0. The molecule has 2 rings (SSSR count). The van der Waals surface area contributed by atoms with Gasteiger partial charge in [-0.3, -0.25) is 4.72 Å². The first-order valence-electron chi connectivity index (χ1n) is 7.66. The normalized spacial score (nSPS) is 10.8. The average Bonchev–Trinajstić information content (AvgIpc) is 2.66. The topological polar surface area (TPSA) is 81.7 Å². The molecule has 0 bridgehead atoms. The van der Waals surface area contributed by atoms with Gasteiger partial charge in [0, 0.05) is 5.56 Å². The molecule has 0 amide bonds. The van der Waals surface area contributed by atoms with Gasteiger partial charge >= 0.3 is 5.97 Å². The van der Waals surface area contributed by atoms with Crippen LogP contribution in [-0.2, 0) is 14.8 Å². The molecule has 2 aromatic rings. The zero-order valence-electron chi connectivity index (χ0n) is 14.8. The molecule has 0 radical (unpaired) electrons. The van der Waals surface area contributed by atoms with E-state index in [1.807, 2.05) is 0 Å². The van der Waals surface area contributed by atoms with Crippen LogP contribution in [0.5, 0.6) is 5.75 Å². The smallest absolute Gasteiger partial charge is 0.343 e. The number of hydrogen-bond donors (Lipinski definition) is 1. The van der Waals surface area contributed by atoms with E-state index >= 15 is 0 Å². The molecule has 142 valence electrons. The van der Waals surface area contributed by atoms with E-state index in [4.69, 9.17) is 9.47 Å². The molecule has 0 saturated carbocycles. The number of halogens is 1. The molecule has 27 heavy (non-hydrogen) atoms. The van der Waals surface area contributed by atoms with Gasteiger partial charge in [-0.2, -0.15) is 0 Å². The van der Waals surface area contributed by atoms with Crippen molar-refractivity contribution in [3.63, 3.8) is 0 Å². The molecule has 0 aromatic heterocycles. The molecule has 1 N–H and O–H groups in total. The molecule has 0 saturated heterocycles. The van der Waals surface area contributed by atoms with Crippen LogP contribution >= 0.6 is 0 Å². The molecule has 0 fully saturated rings. The van der Waals surface area contributed by atoms with Crippen molar-refractivity contribution in [1.29, 1.82) is 0 Å². The number of carbonyl (C=O) groups is 1. The van der Waals surface area contributed by atoms with Gasteiger partial charge in [0.05, 0.1) is 19.9 Å². The third kappa shape index (κ3) is 3.85. The van der Waals surface area contributed by atoms with Crippen LogP contribution in [0.3, 0.4) is 0 Å². The molecular formula is C19H18FNO5S. The van der Waals surface area contributed by atoms with Crippen LogP contribution in [0.15, 0.2) is 48.4 Å². The molecule has 0 aliphatic heterocycles.